The zero-order valence-electron chi connectivity index (χ0n) is 27.6. The molecule has 0 saturated carbocycles. The van der Waals surface area contributed by atoms with Crippen molar-refractivity contribution >= 4 is 18.6 Å². The third kappa shape index (κ3) is 10.0. The predicted octanol–water partition coefficient (Wildman–Crippen LogP) is 8.35. The molecule has 3 heterocycles. The SMILES string of the molecule is C1CCOC1.C1CCOC1.CC1(C)O[C@@H](C(O)(c2ccccc2)c2ccccc2)[C@H](C(O)(c2ccccc2)c2ccccc2)O1.[Cl][Ti][Cl]. The molecular formula is C39H46Cl2O6Ti. The third-order valence-electron chi connectivity index (χ3n) is 8.43. The van der Waals surface area contributed by atoms with Crippen molar-refractivity contribution in [2.45, 2.75) is 68.7 Å². The normalized spacial score (nSPS) is 19.9. The first-order valence-corrected chi connectivity index (χ1v) is 20.7. The summed E-state index contributed by atoms with van der Waals surface area (Å²) in [7, 11) is 9.78. The second-order valence-corrected chi connectivity index (χ2v) is 14.8. The van der Waals surface area contributed by atoms with Gasteiger partial charge in [-0.25, -0.2) is 0 Å². The minimum absolute atomic E-state index is 0.556. The Labute approximate surface area is 302 Å². The molecule has 3 fully saturated rings. The topological polar surface area (TPSA) is 77.4 Å². The van der Waals surface area contributed by atoms with Gasteiger partial charge in [-0.1, -0.05) is 121 Å². The van der Waals surface area contributed by atoms with Crippen LogP contribution in [0.3, 0.4) is 0 Å². The fraction of sp³-hybridized carbons (Fsp3) is 0.385. The molecular weight excluding hydrogens is 683 g/mol. The Morgan fingerprint density at radius 1 is 0.521 bits per heavy atom. The van der Waals surface area contributed by atoms with Crippen LogP contribution in [0, 0.1) is 0 Å². The maximum atomic E-state index is 12.6. The monoisotopic (exact) mass is 728 g/mol. The Balaban J connectivity index is 0.000000334. The molecule has 0 bridgehead atoms. The molecule has 0 radical (unpaired) electrons. The van der Waals surface area contributed by atoms with Crippen LogP contribution in [0.25, 0.3) is 0 Å². The van der Waals surface area contributed by atoms with E-state index in [-0.39, 0.29) is 0 Å². The summed E-state index contributed by atoms with van der Waals surface area (Å²) in [5, 5.41) is 25.2. The maximum absolute atomic E-state index is 12.6. The number of hydrogen-bond acceptors (Lipinski definition) is 6. The molecule has 3 aliphatic rings. The van der Waals surface area contributed by atoms with E-state index in [0.29, 0.717) is 22.3 Å². The standard InChI is InChI=1S/C31H30O4.2C4H8O.2ClH.Ti/c1-29(2)34-27(30(32,23-15-7-3-8-16-23)24-17-9-4-10-18-24)28(35-29)31(33,25-19-11-5-12-20-25)26-21-13-6-14-22-26;2*1-2-4-5-3-1;;;/h3-22,27-28,32-33H,1-2H3;2*1-4H2;2*1H;/q;;;;;+2/p-2/t27-,28-;;;;;/m1...../s1. The summed E-state index contributed by atoms with van der Waals surface area (Å²) in [5.41, 5.74) is -0.564. The second-order valence-electron chi connectivity index (χ2n) is 12.2. The number of halogens is 2. The molecule has 3 aliphatic heterocycles. The van der Waals surface area contributed by atoms with E-state index in [2.05, 4.69) is 0 Å². The van der Waals surface area contributed by atoms with Gasteiger partial charge in [0.25, 0.3) is 0 Å². The van der Waals surface area contributed by atoms with Gasteiger partial charge < -0.3 is 29.2 Å². The van der Waals surface area contributed by atoms with E-state index >= 15 is 0 Å². The van der Waals surface area contributed by atoms with Crippen molar-refractivity contribution in [3.8, 4) is 0 Å². The van der Waals surface area contributed by atoms with Crippen LogP contribution in [-0.2, 0) is 47.2 Å². The summed E-state index contributed by atoms with van der Waals surface area (Å²) in [5.74, 6) is -1.05. The minimum atomic E-state index is -1.60. The van der Waals surface area contributed by atoms with Gasteiger partial charge >= 0.3 is 35.6 Å². The summed E-state index contributed by atoms with van der Waals surface area (Å²) in [6.07, 6.45) is 3.24. The van der Waals surface area contributed by atoms with E-state index in [9.17, 15) is 10.2 Å². The van der Waals surface area contributed by atoms with Crippen molar-refractivity contribution in [1.82, 2.24) is 0 Å². The number of rotatable bonds is 6. The van der Waals surface area contributed by atoms with Gasteiger partial charge in [-0.2, -0.15) is 0 Å². The van der Waals surface area contributed by atoms with E-state index in [1.54, 1.807) is 0 Å². The average Bonchev–Trinajstić information content (AvgIpc) is 3.95. The van der Waals surface area contributed by atoms with E-state index in [1.165, 1.54) is 25.7 Å². The van der Waals surface area contributed by atoms with Crippen LogP contribution in [-0.4, -0.2) is 54.6 Å². The molecule has 3 saturated heterocycles. The van der Waals surface area contributed by atoms with Crippen molar-refractivity contribution in [2.75, 3.05) is 26.4 Å². The summed E-state index contributed by atoms with van der Waals surface area (Å²) in [6.45, 7) is 7.62. The molecule has 0 aliphatic carbocycles. The van der Waals surface area contributed by atoms with Gasteiger partial charge in [0.2, 0.25) is 0 Å². The number of hydrogen-bond donors (Lipinski definition) is 2. The Morgan fingerprint density at radius 2 is 0.750 bits per heavy atom. The van der Waals surface area contributed by atoms with Crippen molar-refractivity contribution < 1.29 is 46.2 Å². The Bertz CT molecular complexity index is 1240. The van der Waals surface area contributed by atoms with Gasteiger partial charge in [-0.05, 0) is 61.8 Å². The summed E-state index contributed by atoms with van der Waals surface area (Å²) in [6, 6.07) is 37.8. The molecule has 9 heteroatoms. The molecule has 48 heavy (non-hydrogen) atoms. The van der Waals surface area contributed by atoms with Crippen molar-refractivity contribution in [3.63, 3.8) is 0 Å². The molecule has 256 valence electrons. The molecule has 0 amide bonds. The molecule has 4 aromatic rings. The van der Waals surface area contributed by atoms with Crippen LogP contribution in [0.15, 0.2) is 121 Å². The van der Waals surface area contributed by atoms with E-state index in [0.717, 1.165) is 26.4 Å². The quantitative estimate of drug-likeness (QED) is 0.195. The zero-order valence-corrected chi connectivity index (χ0v) is 30.7. The predicted molar refractivity (Wildman–Crippen MR) is 187 cm³/mol. The van der Waals surface area contributed by atoms with Crippen LogP contribution in [0.1, 0.15) is 61.8 Å². The molecule has 0 aromatic heterocycles. The molecule has 6 nitrogen and oxygen atoms in total. The van der Waals surface area contributed by atoms with E-state index in [1.807, 2.05) is 135 Å². The molecule has 7 rings (SSSR count). The van der Waals surface area contributed by atoms with Crippen molar-refractivity contribution in [2.24, 2.45) is 0 Å². The van der Waals surface area contributed by atoms with Gasteiger partial charge in [0.15, 0.2) is 5.79 Å². The third-order valence-corrected chi connectivity index (χ3v) is 8.43. The Hall–Kier alpha value is -2.07. The number of benzene rings is 4. The van der Waals surface area contributed by atoms with Crippen molar-refractivity contribution in [3.05, 3.63) is 144 Å². The Kier molecular flexibility index (Phi) is 15.6. The fourth-order valence-electron chi connectivity index (χ4n) is 6.15. The van der Waals surface area contributed by atoms with Gasteiger partial charge in [0.1, 0.15) is 23.4 Å². The van der Waals surface area contributed by atoms with Crippen LogP contribution < -0.4 is 0 Å². The molecule has 4 aromatic carbocycles. The second kappa shape index (κ2) is 19.4. The summed E-state index contributed by atoms with van der Waals surface area (Å²) < 4.78 is 22.9. The van der Waals surface area contributed by atoms with Crippen LogP contribution in [0.2, 0.25) is 0 Å². The first-order chi connectivity index (χ1) is 23.3. The molecule has 2 atom stereocenters. The van der Waals surface area contributed by atoms with E-state index in [4.69, 9.17) is 37.6 Å². The zero-order chi connectivity index (χ0) is 34.3. The van der Waals surface area contributed by atoms with E-state index < -0.39 is 46.2 Å². The molecule has 0 spiro atoms. The molecule has 0 unspecified atom stereocenters. The number of ether oxygens (including phenoxy) is 4. The van der Waals surface area contributed by atoms with Crippen LogP contribution >= 0.6 is 18.6 Å². The van der Waals surface area contributed by atoms with Gasteiger partial charge in [-0.3, -0.25) is 0 Å². The fourth-order valence-corrected chi connectivity index (χ4v) is 6.15. The van der Waals surface area contributed by atoms with Crippen LogP contribution in [0.5, 0.6) is 0 Å². The summed E-state index contributed by atoms with van der Waals surface area (Å²) >= 11 is -0.556. The first-order valence-electron chi connectivity index (χ1n) is 16.4. The van der Waals surface area contributed by atoms with Crippen molar-refractivity contribution in [1.29, 1.82) is 0 Å². The van der Waals surface area contributed by atoms with Gasteiger partial charge in [0.05, 0.1) is 0 Å². The van der Waals surface area contributed by atoms with Gasteiger partial charge in [-0.15, -0.1) is 0 Å². The summed E-state index contributed by atoms with van der Waals surface area (Å²) in [4.78, 5) is 0. The van der Waals surface area contributed by atoms with Gasteiger partial charge in [0, 0.05) is 26.4 Å². The Morgan fingerprint density at radius 3 is 0.938 bits per heavy atom. The average molecular weight is 730 g/mol. The number of aliphatic hydroxyl groups is 2. The first kappa shape index (κ1) is 38.7. The van der Waals surface area contributed by atoms with Crippen LogP contribution in [0.4, 0.5) is 0 Å². The molecule has 2 N–H and O–H groups in total.